The van der Waals surface area contributed by atoms with Crippen molar-refractivity contribution in [2.45, 2.75) is 12.8 Å². The maximum absolute atomic E-state index is 12.9. The van der Waals surface area contributed by atoms with E-state index < -0.39 is 0 Å². The van der Waals surface area contributed by atoms with E-state index in [1.54, 1.807) is 24.5 Å². The van der Waals surface area contributed by atoms with E-state index in [1.165, 1.54) is 12.1 Å². The Morgan fingerprint density at radius 2 is 2.17 bits per heavy atom. The van der Waals surface area contributed by atoms with E-state index in [9.17, 15) is 9.18 Å². The molecule has 1 aromatic carbocycles. The van der Waals surface area contributed by atoms with Gasteiger partial charge in [0.05, 0.1) is 0 Å². The minimum atomic E-state index is -0.361. The minimum absolute atomic E-state index is 0.135. The van der Waals surface area contributed by atoms with E-state index in [0.29, 0.717) is 18.5 Å². The lowest BCUT2D eigenvalue weighted by atomic mass is 10.1. The number of carbonyl (C=O) groups excluding carboxylic acids is 1. The Kier molecular flexibility index (Phi) is 4.02. The first-order valence-corrected chi connectivity index (χ1v) is 5.68. The van der Waals surface area contributed by atoms with Gasteiger partial charge in [0.15, 0.2) is 0 Å². The Morgan fingerprint density at radius 1 is 1.28 bits per heavy atom. The summed E-state index contributed by atoms with van der Waals surface area (Å²) in [6.45, 7) is 0. The first-order valence-electron chi connectivity index (χ1n) is 5.68. The van der Waals surface area contributed by atoms with Crippen LogP contribution in [0.4, 0.5) is 10.1 Å². The second-order valence-corrected chi connectivity index (χ2v) is 3.92. The van der Waals surface area contributed by atoms with E-state index in [0.717, 1.165) is 5.56 Å². The SMILES string of the molecule is O=C(CCc1cccnc1)Nc1cccc(F)c1. The molecule has 0 aliphatic rings. The van der Waals surface area contributed by atoms with Crippen LogP contribution in [0.5, 0.6) is 0 Å². The van der Waals surface area contributed by atoms with Crippen molar-refractivity contribution in [3.63, 3.8) is 0 Å². The van der Waals surface area contributed by atoms with Crippen LogP contribution in [0.2, 0.25) is 0 Å². The lowest BCUT2D eigenvalue weighted by Gasteiger charge is -2.05. The van der Waals surface area contributed by atoms with Gasteiger partial charge in [-0.15, -0.1) is 0 Å². The molecule has 2 rings (SSSR count). The highest BCUT2D eigenvalue weighted by Gasteiger charge is 2.03. The van der Waals surface area contributed by atoms with Crippen molar-refractivity contribution < 1.29 is 9.18 Å². The molecule has 18 heavy (non-hydrogen) atoms. The zero-order valence-electron chi connectivity index (χ0n) is 9.77. The average molecular weight is 244 g/mol. The molecule has 0 aliphatic heterocycles. The van der Waals surface area contributed by atoms with Crippen LogP contribution in [0, 0.1) is 5.82 Å². The van der Waals surface area contributed by atoms with Crippen LogP contribution in [-0.2, 0) is 11.2 Å². The maximum atomic E-state index is 12.9. The molecule has 0 fully saturated rings. The van der Waals surface area contributed by atoms with Crippen LogP contribution in [0.15, 0.2) is 48.8 Å². The molecule has 0 spiro atoms. The number of pyridine rings is 1. The molecule has 0 aliphatic carbocycles. The molecular formula is C14H13FN2O. The number of benzene rings is 1. The number of aryl methyl sites for hydroxylation is 1. The number of hydrogen-bond acceptors (Lipinski definition) is 2. The van der Waals surface area contributed by atoms with Crippen molar-refractivity contribution in [3.8, 4) is 0 Å². The number of anilines is 1. The Balaban J connectivity index is 1.86. The van der Waals surface area contributed by atoms with Gasteiger partial charge in [0.1, 0.15) is 5.82 Å². The van der Waals surface area contributed by atoms with Gasteiger partial charge in [-0.2, -0.15) is 0 Å². The van der Waals surface area contributed by atoms with Crippen molar-refractivity contribution in [2.24, 2.45) is 0 Å². The summed E-state index contributed by atoms with van der Waals surface area (Å²) in [5.74, 6) is -0.496. The first-order chi connectivity index (χ1) is 8.74. The topological polar surface area (TPSA) is 42.0 Å². The van der Waals surface area contributed by atoms with Gasteiger partial charge < -0.3 is 5.32 Å². The molecule has 0 saturated carbocycles. The van der Waals surface area contributed by atoms with Crippen LogP contribution in [0.1, 0.15) is 12.0 Å². The van der Waals surface area contributed by atoms with Crippen molar-refractivity contribution in [3.05, 3.63) is 60.2 Å². The first kappa shape index (κ1) is 12.2. The second-order valence-electron chi connectivity index (χ2n) is 3.92. The van der Waals surface area contributed by atoms with Gasteiger partial charge in [0.2, 0.25) is 5.91 Å². The van der Waals surface area contributed by atoms with Crippen molar-refractivity contribution >= 4 is 11.6 Å². The van der Waals surface area contributed by atoms with Gasteiger partial charge >= 0.3 is 0 Å². The van der Waals surface area contributed by atoms with Crippen LogP contribution < -0.4 is 5.32 Å². The quantitative estimate of drug-likeness (QED) is 0.898. The molecule has 0 atom stereocenters. The summed E-state index contributed by atoms with van der Waals surface area (Å²) in [5.41, 5.74) is 1.48. The van der Waals surface area contributed by atoms with Gasteiger partial charge in [-0.05, 0) is 36.2 Å². The minimum Gasteiger partial charge on any atom is -0.326 e. The molecule has 0 unspecified atom stereocenters. The van der Waals surface area contributed by atoms with Gasteiger partial charge in [-0.3, -0.25) is 9.78 Å². The monoisotopic (exact) mass is 244 g/mol. The fraction of sp³-hybridized carbons (Fsp3) is 0.143. The number of carbonyl (C=O) groups is 1. The molecule has 1 heterocycles. The second kappa shape index (κ2) is 5.91. The highest BCUT2D eigenvalue weighted by Crippen LogP contribution is 2.10. The summed E-state index contributed by atoms with van der Waals surface area (Å²) in [7, 11) is 0. The Bertz CT molecular complexity index is 528. The largest absolute Gasteiger partial charge is 0.326 e. The predicted molar refractivity (Wildman–Crippen MR) is 67.6 cm³/mol. The van der Waals surface area contributed by atoms with Crippen LogP contribution in [0.3, 0.4) is 0 Å². The smallest absolute Gasteiger partial charge is 0.224 e. The fourth-order valence-electron chi connectivity index (χ4n) is 1.59. The van der Waals surface area contributed by atoms with Crippen molar-refractivity contribution in [2.75, 3.05) is 5.32 Å². The molecule has 0 radical (unpaired) electrons. The normalized spacial score (nSPS) is 10.1. The third kappa shape index (κ3) is 3.66. The molecule has 3 nitrogen and oxygen atoms in total. The van der Waals surface area contributed by atoms with Crippen LogP contribution in [0.25, 0.3) is 0 Å². The Hall–Kier alpha value is -2.23. The summed E-state index contributed by atoms with van der Waals surface area (Å²) in [4.78, 5) is 15.6. The molecule has 0 bridgehead atoms. The number of nitrogens with one attached hydrogen (secondary N) is 1. The van der Waals surface area contributed by atoms with Crippen molar-refractivity contribution in [1.82, 2.24) is 4.98 Å². The zero-order chi connectivity index (χ0) is 12.8. The van der Waals surface area contributed by atoms with E-state index in [2.05, 4.69) is 10.3 Å². The number of hydrogen-bond donors (Lipinski definition) is 1. The third-order valence-electron chi connectivity index (χ3n) is 2.47. The molecule has 2 aromatic rings. The van der Waals surface area contributed by atoms with Gasteiger partial charge in [0.25, 0.3) is 0 Å². The number of aromatic nitrogens is 1. The number of rotatable bonds is 4. The van der Waals surface area contributed by atoms with Gasteiger partial charge in [-0.25, -0.2) is 4.39 Å². The standard InChI is InChI=1S/C14H13FN2O/c15-12-4-1-5-13(9-12)17-14(18)7-6-11-3-2-8-16-10-11/h1-5,8-10H,6-7H2,(H,17,18). The van der Waals surface area contributed by atoms with Crippen molar-refractivity contribution in [1.29, 1.82) is 0 Å². The van der Waals surface area contributed by atoms with Gasteiger partial charge in [-0.1, -0.05) is 12.1 Å². The molecule has 1 amide bonds. The number of halogens is 1. The molecule has 0 saturated heterocycles. The Labute approximate surface area is 105 Å². The van der Waals surface area contributed by atoms with E-state index in [1.807, 2.05) is 12.1 Å². The lowest BCUT2D eigenvalue weighted by Crippen LogP contribution is -2.12. The summed E-state index contributed by atoms with van der Waals surface area (Å²) < 4.78 is 12.9. The number of amides is 1. The van der Waals surface area contributed by atoms with E-state index >= 15 is 0 Å². The summed E-state index contributed by atoms with van der Waals surface area (Å²) in [6.07, 6.45) is 4.39. The molecule has 92 valence electrons. The zero-order valence-corrected chi connectivity index (χ0v) is 9.77. The van der Waals surface area contributed by atoms with E-state index in [-0.39, 0.29) is 11.7 Å². The molecule has 1 N–H and O–H groups in total. The lowest BCUT2D eigenvalue weighted by molar-refractivity contribution is -0.116. The fourth-order valence-corrected chi connectivity index (χ4v) is 1.59. The molecule has 4 heteroatoms. The highest BCUT2D eigenvalue weighted by atomic mass is 19.1. The highest BCUT2D eigenvalue weighted by molar-refractivity contribution is 5.90. The van der Waals surface area contributed by atoms with Crippen LogP contribution in [-0.4, -0.2) is 10.9 Å². The molecular weight excluding hydrogens is 231 g/mol. The predicted octanol–water partition coefficient (Wildman–Crippen LogP) is 2.79. The number of nitrogens with zero attached hydrogens (tertiary/aromatic N) is 1. The summed E-state index contributed by atoms with van der Waals surface area (Å²) in [6, 6.07) is 9.60. The summed E-state index contributed by atoms with van der Waals surface area (Å²) >= 11 is 0. The van der Waals surface area contributed by atoms with E-state index in [4.69, 9.17) is 0 Å². The van der Waals surface area contributed by atoms with Gasteiger partial charge in [0, 0.05) is 24.5 Å². The summed E-state index contributed by atoms with van der Waals surface area (Å²) in [5, 5.41) is 2.65. The van der Waals surface area contributed by atoms with Crippen LogP contribution >= 0.6 is 0 Å². The molecule has 1 aromatic heterocycles. The third-order valence-corrected chi connectivity index (χ3v) is 2.47. The Morgan fingerprint density at radius 3 is 2.89 bits per heavy atom. The maximum Gasteiger partial charge on any atom is 0.224 e. The average Bonchev–Trinajstić information content (AvgIpc) is 2.38.